The number of hydrogen-bond donors (Lipinski definition) is 1. The monoisotopic (exact) mass is 578 g/mol. The van der Waals surface area contributed by atoms with Crippen molar-refractivity contribution in [3.8, 4) is 11.5 Å². The molecule has 1 atom stereocenters. The molecule has 3 aliphatic rings. The summed E-state index contributed by atoms with van der Waals surface area (Å²) in [5, 5.41) is 11.3. The van der Waals surface area contributed by atoms with Crippen molar-refractivity contribution in [2.24, 2.45) is 5.92 Å². The fraction of sp³-hybridized carbons (Fsp3) is 0.321. The molecule has 2 aromatic carbocycles. The van der Waals surface area contributed by atoms with E-state index in [0.717, 1.165) is 23.5 Å². The third-order valence-corrected chi connectivity index (χ3v) is 7.17. The van der Waals surface area contributed by atoms with Crippen molar-refractivity contribution >= 4 is 46.6 Å². The number of carbonyl (C=O) groups excluding carboxylic acids is 1. The fourth-order valence-electron chi connectivity index (χ4n) is 4.64. The number of fused-ring (bicyclic) bond motifs is 1. The second-order valence-corrected chi connectivity index (χ2v) is 10.2. The van der Waals surface area contributed by atoms with Crippen molar-refractivity contribution in [3.63, 3.8) is 0 Å². The van der Waals surface area contributed by atoms with E-state index in [0.29, 0.717) is 29.5 Å². The third-order valence-electron chi connectivity index (χ3n) is 6.55. The average molecular weight is 579 g/mol. The number of rotatable bonds is 9. The summed E-state index contributed by atoms with van der Waals surface area (Å²) in [6.07, 6.45) is 5.06. The van der Waals surface area contributed by atoms with Gasteiger partial charge in [0.05, 0.1) is 36.4 Å². The molecule has 0 aromatic heterocycles. The predicted octanol–water partition coefficient (Wildman–Crippen LogP) is 6.82. The molecule has 1 N–H and O–H groups in total. The zero-order chi connectivity index (χ0) is 27.7. The Bertz CT molecular complexity index is 1360. The van der Waals surface area contributed by atoms with E-state index in [1.807, 2.05) is 29.2 Å². The summed E-state index contributed by atoms with van der Waals surface area (Å²) in [6, 6.07) is 11.1. The predicted molar refractivity (Wildman–Crippen MR) is 144 cm³/mol. The van der Waals surface area contributed by atoms with Gasteiger partial charge in [0.2, 0.25) is 0 Å². The summed E-state index contributed by atoms with van der Waals surface area (Å²) in [5.74, 6) is -0.152. The number of halogens is 4. The Hall–Kier alpha value is -3.27. The summed E-state index contributed by atoms with van der Waals surface area (Å²) in [4.78, 5) is 15.1. The molecule has 0 radical (unpaired) electrons. The SMILES string of the molecule is CCOC(=O)C1=Cc2ccccc2N(c2ccc(OC(F)F)c(OCC3CC3)c2)C1C1=C(Cl)CN(O)C=C1Cl. The Balaban J connectivity index is 1.69. The van der Waals surface area contributed by atoms with Gasteiger partial charge in [-0.3, -0.25) is 10.3 Å². The van der Waals surface area contributed by atoms with Crippen LogP contribution in [0.25, 0.3) is 6.08 Å². The van der Waals surface area contributed by atoms with Crippen molar-refractivity contribution in [2.75, 3.05) is 24.7 Å². The zero-order valence-corrected chi connectivity index (χ0v) is 22.5. The number of para-hydroxylation sites is 1. The number of benzene rings is 2. The molecule has 2 aliphatic heterocycles. The number of hydrogen-bond acceptors (Lipinski definition) is 7. The number of esters is 1. The number of ether oxygens (including phenoxy) is 3. The van der Waals surface area contributed by atoms with E-state index >= 15 is 0 Å². The topological polar surface area (TPSA) is 71.5 Å². The van der Waals surface area contributed by atoms with Crippen LogP contribution in [0, 0.1) is 5.92 Å². The van der Waals surface area contributed by atoms with Gasteiger partial charge in [-0.05, 0) is 55.5 Å². The van der Waals surface area contributed by atoms with Gasteiger partial charge in [0.1, 0.15) is 0 Å². The molecule has 0 saturated heterocycles. The van der Waals surface area contributed by atoms with Crippen LogP contribution in [0.2, 0.25) is 0 Å². The van der Waals surface area contributed by atoms with E-state index in [1.54, 1.807) is 25.1 Å². The van der Waals surface area contributed by atoms with Gasteiger partial charge in [0.25, 0.3) is 0 Å². The maximum absolute atomic E-state index is 13.3. The normalized spacial score (nSPS) is 19.0. The second-order valence-electron chi connectivity index (χ2n) is 9.31. The number of alkyl halides is 2. The van der Waals surface area contributed by atoms with Crippen LogP contribution in [-0.2, 0) is 9.53 Å². The van der Waals surface area contributed by atoms with Gasteiger partial charge in [-0.25, -0.2) is 4.79 Å². The molecule has 1 unspecified atom stereocenters. The lowest BCUT2D eigenvalue weighted by atomic mass is 9.88. The van der Waals surface area contributed by atoms with Gasteiger partial charge in [0, 0.05) is 34.2 Å². The lowest BCUT2D eigenvalue weighted by molar-refractivity contribution is -0.138. The number of nitrogens with zero attached hydrogens (tertiary/aromatic N) is 2. The largest absolute Gasteiger partial charge is 0.489 e. The first-order chi connectivity index (χ1) is 18.8. The minimum absolute atomic E-state index is 0.0495. The molecule has 2 aromatic rings. The van der Waals surface area contributed by atoms with Crippen LogP contribution in [0.15, 0.2) is 69.9 Å². The van der Waals surface area contributed by atoms with Crippen LogP contribution < -0.4 is 14.4 Å². The summed E-state index contributed by atoms with van der Waals surface area (Å²) < 4.78 is 42.4. The van der Waals surface area contributed by atoms with E-state index in [4.69, 9.17) is 37.4 Å². The van der Waals surface area contributed by atoms with Crippen molar-refractivity contribution in [2.45, 2.75) is 32.4 Å². The lowest BCUT2D eigenvalue weighted by Gasteiger charge is -2.41. The van der Waals surface area contributed by atoms with Gasteiger partial charge in [-0.2, -0.15) is 8.78 Å². The molecular formula is C28H26Cl2F2N2O5. The zero-order valence-electron chi connectivity index (χ0n) is 21.0. The quantitative estimate of drug-likeness (QED) is 0.327. The van der Waals surface area contributed by atoms with E-state index in [-0.39, 0.29) is 40.3 Å². The third kappa shape index (κ3) is 5.85. The van der Waals surface area contributed by atoms with E-state index in [1.165, 1.54) is 12.3 Å². The minimum Gasteiger partial charge on any atom is -0.489 e. The number of carbonyl (C=O) groups is 1. The highest BCUT2D eigenvalue weighted by molar-refractivity contribution is 6.36. The van der Waals surface area contributed by atoms with Crippen LogP contribution in [-0.4, -0.2) is 48.7 Å². The molecule has 1 aliphatic carbocycles. The number of anilines is 2. The van der Waals surface area contributed by atoms with Crippen LogP contribution in [0.4, 0.5) is 20.2 Å². The van der Waals surface area contributed by atoms with Gasteiger partial charge in [-0.15, -0.1) is 0 Å². The molecule has 1 saturated carbocycles. The van der Waals surface area contributed by atoms with Crippen LogP contribution in [0.1, 0.15) is 25.3 Å². The smallest absolute Gasteiger partial charge is 0.387 e. The van der Waals surface area contributed by atoms with Crippen LogP contribution in [0.5, 0.6) is 11.5 Å². The molecule has 1 fully saturated rings. The van der Waals surface area contributed by atoms with E-state index in [9.17, 15) is 18.8 Å². The van der Waals surface area contributed by atoms with E-state index in [2.05, 4.69) is 0 Å². The molecule has 206 valence electrons. The molecule has 11 heteroatoms. The second kappa shape index (κ2) is 11.5. The van der Waals surface area contributed by atoms with Gasteiger partial charge in [0.15, 0.2) is 11.5 Å². The Morgan fingerprint density at radius 1 is 1.15 bits per heavy atom. The van der Waals surface area contributed by atoms with Gasteiger partial charge >= 0.3 is 12.6 Å². The van der Waals surface area contributed by atoms with Gasteiger partial charge in [-0.1, -0.05) is 41.4 Å². The van der Waals surface area contributed by atoms with Crippen LogP contribution >= 0.6 is 23.2 Å². The van der Waals surface area contributed by atoms with E-state index < -0.39 is 18.6 Å². The molecule has 7 nitrogen and oxygen atoms in total. The van der Waals surface area contributed by atoms with Crippen molar-refractivity contribution < 1.29 is 33.0 Å². The molecule has 5 rings (SSSR count). The standard InChI is InChI=1S/C28H26Cl2F2N2O5/c1-2-37-27(35)19-11-17-5-3-4-6-22(17)34(26(19)25-20(29)13-33(36)14-21(25)30)18-9-10-23(39-28(31)32)24(12-18)38-15-16-7-8-16/h3-6,9-13,16,26,28,36H,2,7-8,14-15H2,1H3. The Labute approximate surface area is 234 Å². The molecule has 0 bridgehead atoms. The highest BCUT2D eigenvalue weighted by atomic mass is 35.5. The highest BCUT2D eigenvalue weighted by Crippen LogP contribution is 2.47. The molecule has 39 heavy (non-hydrogen) atoms. The molecular weight excluding hydrogens is 553 g/mol. The molecule has 0 amide bonds. The summed E-state index contributed by atoms with van der Waals surface area (Å²) in [5.41, 5.74) is 2.60. The first-order valence-corrected chi connectivity index (χ1v) is 13.2. The van der Waals surface area contributed by atoms with Crippen LogP contribution in [0.3, 0.4) is 0 Å². The Morgan fingerprint density at radius 2 is 1.92 bits per heavy atom. The lowest BCUT2D eigenvalue weighted by Crippen LogP contribution is -2.42. The first-order valence-electron chi connectivity index (χ1n) is 12.5. The van der Waals surface area contributed by atoms with Crippen molar-refractivity contribution in [1.82, 2.24) is 5.06 Å². The fourth-order valence-corrected chi connectivity index (χ4v) is 5.34. The Morgan fingerprint density at radius 3 is 2.62 bits per heavy atom. The molecule has 2 heterocycles. The molecule has 0 spiro atoms. The van der Waals surface area contributed by atoms with Gasteiger partial charge < -0.3 is 19.1 Å². The Kier molecular flexibility index (Phi) is 8.02. The van der Waals surface area contributed by atoms with Crippen molar-refractivity contribution in [1.29, 1.82) is 0 Å². The summed E-state index contributed by atoms with van der Waals surface area (Å²) in [6.45, 7) is -0.862. The number of hydroxylamine groups is 2. The summed E-state index contributed by atoms with van der Waals surface area (Å²) in [7, 11) is 0. The summed E-state index contributed by atoms with van der Waals surface area (Å²) >= 11 is 13.3. The average Bonchev–Trinajstić information content (AvgIpc) is 3.71. The highest BCUT2D eigenvalue weighted by Gasteiger charge is 2.40. The maximum Gasteiger partial charge on any atom is 0.387 e. The van der Waals surface area contributed by atoms with Crippen molar-refractivity contribution in [3.05, 3.63) is 75.4 Å². The minimum atomic E-state index is -3.03. The first kappa shape index (κ1) is 27.3. The maximum atomic E-state index is 13.3.